The molecule has 0 atom stereocenters. The van der Waals surface area contributed by atoms with Gasteiger partial charge in [0, 0.05) is 4.47 Å². The first-order valence-electron chi connectivity index (χ1n) is 10.4. The quantitative estimate of drug-likeness (QED) is 0.212. The topological polar surface area (TPSA) is 103 Å². The van der Waals surface area contributed by atoms with Gasteiger partial charge in [-0.1, -0.05) is 12.1 Å². The number of methoxy groups -OCH3 is 2. The second-order valence-electron chi connectivity index (χ2n) is 7.37. The first kappa shape index (κ1) is 28.0. The molecular weight excluding hydrogens is 581 g/mol. The third kappa shape index (κ3) is 7.23. The van der Waals surface area contributed by atoms with Gasteiger partial charge in [0.15, 0.2) is 11.5 Å². The van der Waals surface area contributed by atoms with Crippen LogP contribution in [0.3, 0.4) is 0 Å². The Morgan fingerprint density at radius 3 is 2.38 bits per heavy atom. The van der Waals surface area contributed by atoms with Gasteiger partial charge in [-0.15, -0.1) is 0 Å². The van der Waals surface area contributed by atoms with E-state index in [4.69, 9.17) is 13.7 Å². The van der Waals surface area contributed by atoms with Crippen LogP contribution in [0.2, 0.25) is 0 Å². The molecule has 0 heterocycles. The molecule has 0 unspecified atom stereocenters. The van der Waals surface area contributed by atoms with Crippen molar-refractivity contribution in [2.24, 2.45) is 5.10 Å². The number of alkyl halides is 3. The number of ether oxygens (including phenoxy) is 2. The van der Waals surface area contributed by atoms with Crippen molar-refractivity contribution in [3.05, 3.63) is 81.8 Å². The number of nitrogens with zero attached hydrogens (tertiary/aromatic N) is 1. The summed E-state index contributed by atoms with van der Waals surface area (Å²) < 4.78 is 80.1. The number of nitrogens with one attached hydrogen (secondary N) is 1. The Morgan fingerprint density at radius 2 is 1.76 bits per heavy atom. The summed E-state index contributed by atoms with van der Waals surface area (Å²) in [4.78, 5) is 11.8. The maximum Gasteiger partial charge on any atom is 0.416 e. The number of halogens is 4. The third-order valence-electron chi connectivity index (χ3n) is 4.87. The molecule has 3 aromatic rings. The largest absolute Gasteiger partial charge is 0.497 e. The van der Waals surface area contributed by atoms with Gasteiger partial charge in [-0.3, -0.25) is 4.79 Å². The summed E-state index contributed by atoms with van der Waals surface area (Å²) >= 11 is 3.27. The first-order chi connectivity index (χ1) is 17.4. The van der Waals surface area contributed by atoms with E-state index < -0.39 is 32.7 Å². The van der Waals surface area contributed by atoms with Crippen LogP contribution in [0.4, 0.5) is 13.2 Å². The highest BCUT2D eigenvalue weighted by atomic mass is 79.9. The summed E-state index contributed by atoms with van der Waals surface area (Å²) in [5, 5.41) is 3.88. The number of rotatable bonds is 9. The van der Waals surface area contributed by atoms with Crippen molar-refractivity contribution in [2.45, 2.75) is 17.5 Å². The standard InChI is InChI=1S/C24H20BrF3N2O6S/c1-34-17-5-3-4-15(12-17)13-22(31)30-29-14-19-20(25)10-11-21(35-2)23(19)36-37(32,33)18-8-6-16(7-9-18)24(26,27)28/h3-12,14H,13H2,1-2H3,(H,30,31). The van der Waals surface area contributed by atoms with Gasteiger partial charge in [-0.25, -0.2) is 5.43 Å². The molecule has 0 aromatic heterocycles. The van der Waals surface area contributed by atoms with Crippen LogP contribution >= 0.6 is 15.9 Å². The summed E-state index contributed by atoms with van der Waals surface area (Å²) in [6, 6.07) is 12.7. The highest BCUT2D eigenvalue weighted by Crippen LogP contribution is 2.37. The van der Waals surface area contributed by atoms with Crippen molar-refractivity contribution in [3.63, 3.8) is 0 Å². The molecule has 196 valence electrons. The molecule has 0 radical (unpaired) electrons. The number of hydrazone groups is 1. The average molecular weight is 601 g/mol. The van der Waals surface area contributed by atoms with Gasteiger partial charge in [0.1, 0.15) is 10.6 Å². The molecule has 0 aliphatic heterocycles. The van der Waals surface area contributed by atoms with E-state index in [2.05, 4.69) is 26.5 Å². The van der Waals surface area contributed by atoms with Gasteiger partial charge in [-0.2, -0.15) is 26.7 Å². The minimum absolute atomic E-state index is 0.000518. The number of hydrogen-bond donors (Lipinski definition) is 1. The Hall–Kier alpha value is -3.58. The second-order valence-corrected chi connectivity index (χ2v) is 9.77. The normalized spacial score (nSPS) is 11.8. The summed E-state index contributed by atoms with van der Waals surface area (Å²) in [5.74, 6) is -0.154. The van der Waals surface area contributed by atoms with E-state index in [-0.39, 0.29) is 23.5 Å². The predicted octanol–water partition coefficient (Wildman–Crippen LogP) is 4.95. The molecule has 0 bridgehead atoms. The second kappa shape index (κ2) is 11.6. The van der Waals surface area contributed by atoms with Gasteiger partial charge in [0.25, 0.3) is 0 Å². The van der Waals surface area contributed by atoms with Crippen molar-refractivity contribution in [1.82, 2.24) is 5.43 Å². The zero-order valence-corrected chi connectivity index (χ0v) is 21.8. The molecule has 37 heavy (non-hydrogen) atoms. The average Bonchev–Trinajstić information content (AvgIpc) is 2.85. The molecule has 0 aliphatic rings. The summed E-state index contributed by atoms with van der Waals surface area (Å²) in [5.41, 5.74) is 2.11. The van der Waals surface area contributed by atoms with Crippen molar-refractivity contribution in [2.75, 3.05) is 14.2 Å². The van der Waals surface area contributed by atoms with E-state index in [0.29, 0.717) is 27.9 Å². The predicted molar refractivity (Wildman–Crippen MR) is 132 cm³/mol. The maximum absolute atomic E-state index is 12.8. The Kier molecular flexibility index (Phi) is 8.81. The van der Waals surface area contributed by atoms with Crippen LogP contribution in [0.5, 0.6) is 17.2 Å². The molecule has 0 saturated carbocycles. The number of benzene rings is 3. The monoisotopic (exact) mass is 600 g/mol. The fraction of sp³-hybridized carbons (Fsp3) is 0.167. The van der Waals surface area contributed by atoms with Crippen molar-refractivity contribution >= 4 is 38.2 Å². The van der Waals surface area contributed by atoms with Gasteiger partial charge in [0.2, 0.25) is 5.91 Å². The molecule has 3 aromatic carbocycles. The molecular formula is C24H20BrF3N2O6S. The lowest BCUT2D eigenvalue weighted by Gasteiger charge is -2.15. The zero-order chi connectivity index (χ0) is 27.2. The van der Waals surface area contributed by atoms with Crippen LogP contribution in [0.15, 0.2) is 75.1 Å². The summed E-state index contributed by atoms with van der Waals surface area (Å²) in [6.45, 7) is 0. The molecule has 0 aliphatic carbocycles. The number of amides is 1. The summed E-state index contributed by atoms with van der Waals surface area (Å²) in [7, 11) is -1.78. The SMILES string of the molecule is COc1cccc(CC(=O)NN=Cc2c(Br)ccc(OC)c2OS(=O)(=O)c2ccc(C(F)(F)F)cc2)c1. The highest BCUT2D eigenvalue weighted by Gasteiger charge is 2.31. The van der Waals surface area contributed by atoms with E-state index in [1.165, 1.54) is 26.4 Å². The van der Waals surface area contributed by atoms with Crippen molar-refractivity contribution < 1.29 is 40.0 Å². The van der Waals surface area contributed by atoms with Gasteiger partial charge in [-0.05, 0) is 70.0 Å². The Bertz CT molecular complexity index is 1410. The molecule has 13 heteroatoms. The van der Waals surface area contributed by atoms with E-state index >= 15 is 0 Å². The van der Waals surface area contributed by atoms with E-state index in [0.717, 1.165) is 18.3 Å². The first-order valence-corrected chi connectivity index (χ1v) is 12.6. The van der Waals surface area contributed by atoms with Gasteiger partial charge in [0.05, 0.1) is 38.0 Å². The van der Waals surface area contributed by atoms with Crippen LogP contribution < -0.4 is 19.1 Å². The van der Waals surface area contributed by atoms with Crippen LogP contribution in [0, 0.1) is 0 Å². The fourth-order valence-electron chi connectivity index (χ4n) is 3.07. The van der Waals surface area contributed by atoms with Crippen LogP contribution in [0.25, 0.3) is 0 Å². The number of carbonyl (C=O) groups excluding carboxylic acids is 1. The molecule has 8 nitrogen and oxygen atoms in total. The Morgan fingerprint density at radius 1 is 1.05 bits per heavy atom. The van der Waals surface area contributed by atoms with Gasteiger partial charge >= 0.3 is 16.3 Å². The molecule has 3 rings (SSSR count). The smallest absolute Gasteiger partial charge is 0.416 e. The lowest BCUT2D eigenvalue weighted by molar-refractivity contribution is -0.137. The fourth-order valence-corrected chi connectivity index (χ4v) is 4.44. The Balaban J connectivity index is 1.84. The third-order valence-corrected chi connectivity index (χ3v) is 6.80. The van der Waals surface area contributed by atoms with Crippen LogP contribution in [-0.4, -0.2) is 34.8 Å². The van der Waals surface area contributed by atoms with E-state index in [1.54, 1.807) is 24.3 Å². The lowest BCUT2D eigenvalue weighted by atomic mass is 10.1. The van der Waals surface area contributed by atoms with Crippen LogP contribution in [0.1, 0.15) is 16.7 Å². The number of carbonyl (C=O) groups is 1. The molecule has 0 fully saturated rings. The zero-order valence-electron chi connectivity index (χ0n) is 19.4. The van der Waals surface area contributed by atoms with E-state index in [9.17, 15) is 26.4 Å². The molecule has 1 N–H and O–H groups in total. The molecule has 1 amide bonds. The highest BCUT2D eigenvalue weighted by molar-refractivity contribution is 9.10. The van der Waals surface area contributed by atoms with Crippen LogP contribution in [-0.2, 0) is 27.5 Å². The molecule has 0 spiro atoms. The number of hydrogen-bond acceptors (Lipinski definition) is 7. The minimum atomic E-state index is -4.63. The van der Waals surface area contributed by atoms with Crippen molar-refractivity contribution in [1.29, 1.82) is 0 Å². The Labute approximate surface area is 219 Å². The van der Waals surface area contributed by atoms with Gasteiger partial charge < -0.3 is 13.7 Å². The lowest BCUT2D eigenvalue weighted by Crippen LogP contribution is -2.20. The van der Waals surface area contributed by atoms with E-state index in [1.807, 2.05) is 0 Å². The van der Waals surface area contributed by atoms with Crippen molar-refractivity contribution in [3.8, 4) is 17.2 Å². The summed E-state index contributed by atoms with van der Waals surface area (Å²) in [6.07, 6.45) is -3.48. The molecule has 0 saturated heterocycles. The maximum atomic E-state index is 12.8. The minimum Gasteiger partial charge on any atom is -0.497 e.